The van der Waals surface area contributed by atoms with Crippen molar-refractivity contribution in [3.63, 3.8) is 0 Å². The molecule has 0 spiro atoms. The highest BCUT2D eigenvalue weighted by Crippen LogP contribution is 2.26. The monoisotopic (exact) mass is 329 g/mol. The molecule has 0 aliphatic rings. The van der Waals surface area contributed by atoms with Gasteiger partial charge in [0, 0.05) is 11.3 Å². The molecule has 0 amide bonds. The summed E-state index contributed by atoms with van der Waals surface area (Å²) in [5, 5.41) is 11.7. The highest BCUT2D eigenvalue weighted by molar-refractivity contribution is 5.97. The molecule has 3 aromatic rings. The summed E-state index contributed by atoms with van der Waals surface area (Å²) in [5.41, 5.74) is 17.9. The van der Waals surface area contributed by atoms with Crippen molar-refractivity contribution in [2.24, 2.45) is 16.6 Å². The van der Waals surface area contributed by atoms with Gasteiger partial charge in [-0.3, -0.25) is 0 Å². The van der Waals surface area contributed by atoms with Crippen LogP contribution in [0.15, 0.2) is 84.5 Å². The van der Waals surface area contributed by atoms with Gasteiger partial charge < -0.3 is 16.7 Å². The maximum Gasteiger partial charge on any atom is 0.170 e. The summed E-state index contributed by atoms with van der Waals surface area (Å²) in [7, 11) is 0. The maximum atomic E-state index is 8.71. The van der Waals surface area contributed by atoms with E-state index in [1.54, 1.807) is 0 Å². The number of hydrogen-bond donors (Lipinski definition) is 3. The lowest BCUT2D eigenvalue weighted by Gasteiger charge is -2.07. The molecule has 3 aromatic carbocycles. The molecular weight excluding hydrogens is 310 g/mol. The zero-order valence-corrected chi connectivity index (χ0v) is 13.7. The molecule has 0 bridgehead atoms. The number of amidine groups is 1. The molecule has 25 heavy (non-hydrogen) atoms. The Labute approximate surface area is 146 Å². The Morgan fingerprint density at radius 2 is 0.960 bits per heavy atom. The van der Waals surface area contributed by atoms with Gasteiger partial charge in [-0.25, -0.2) is 0 Å². The molecule has 3 rings (SSSR count). The van der Waals surface area contributed by atoms with E-state index in [-0.39, 0.29) is 5.84 Å². The molecule has 0 aromatic heterocycles. The van der Waals surface area contributed by atoms with Crippen molar-refractivity contribution in [1.29, 1.82) is 0 Å². The van der Waals surface area contributed by atoms with Crippen LogP contribution in [0.3, 0.4) is 0 Å². The van der Waals surface area contributed by atoms with Crippen LogP contribution in [0.2, 0.25) is 0 Å². The van der Waals surface area contributed by atoms with Crippen LogP contribution in [-0.4, -0.2) is 11.0 Å². The lowest BCUT2D eigenvalue weighted by Crippen LogP contribution is -2.12. The number of rotatable bonds is 4. The molecular formula is C21H19N3O. The topological polar surface area (TPSA) is 84.6 Å². The summed E-state index contributed by atoms with van der Waals surface area (Å²) >= 11 is 0. The molecule has 4 heteroatoms. The molecule has 0 saturated carbocycles. The predicted octanol–water partition coefficient (Wildman–Crippen LogP) is 4.04. The Morgan fingerprint density at radius 3 is 1.28 bits per heavy atom. The highest BCUT2D eigenvalue weighted by atomic mass is 16.4. The second kappa shape index (κ2) is 6.93. The highest BCUT2D eigenvalue weighted by Gasteiger charge is 2.03. The van der Waals surface area contributed by atoms with E-state index < -0.39 is 0 Å². The van der Waals surface area contributed by atoms with Crippen LogP contribution >= 0.6 is 0 Å². The molecule has 0 saturated heterocycles. The van der Waals surface area contributed by atoms with Crippen molar-refractivity contribution in [3.05, 3.63) is 90.5 Å². The van der Waals surface area contributed by atoms with Crippen LogP contribution < -0.4 is 11.5 Å². The van der Waals surface area contributed by atoms with Crippen LogP contribution in [0.4, 0.5) is 0 Å². The van der Waals surface area contributed by atoms with E-state index in [4.69, 9.17) is 16.7 Å². The first kappa shape index (κ1) is 16.3. The molecule has 4 nitrogen and oxygen atoms in total. The lowest BCUT2D eigenvalue weighted by molar-refractivity contribution is 0.318. The zero-order chi connectivity index (χ0) is 17.8. The standard InChI is InChI=1S/C21H19N3O/c1-14(22)15-2-4-16(5-3-15)17-6-8-18(9-7-17)19-10-12-20(13-11-19)21(23)24-25/h2-13,25H,1,22H2,(H2,23,24). The largest absolute Gasteiger partial charge is 0.409 e. The van der Waals surface area contributed by atoms with Gasteiger partial charge in [-0.1, -0.05) is 84.5 Å². The third-order valence-electron chi connectivity index (χ3n) is 4.10. The van der Waals surface area contributed by atoms with Gasteiger partial charge in [-0.15, -0.1) is 0 Å². The second-order valence-corrected chi connectivity index (χ2v) is 5.74. The van der Waals surface area contributed by atoms with Crippen molar-refractivity contribution in [2.45, 2.75) is 0 Å². The van der Waals surface area contributed by atoms with Crippen LogP contribution in [0, 0.1) is 0 Å². The van der Waals surface area contributed by atoms with Crippen molar-refractivity contribution in [2.75, 3.05) is 0 Å². The summed E-state index contributed by atoms with van der Waals surface area (Å²) < 4.78 is 0. The Morgan fingerprint density at radius 1 is 0.640 bits per heavy atom. The average Bonchev–Trinajstić information content (AvgIpc) is 2.67. The van der Waals surface area contributed by atoms with Gasteiger partial charge >= 0.3 is 0 Å². The molecule has 0 heterocycles. The Hall–Kier alpha value is -3.53. The SMILES string of the molecule is C=C(N)c1ccc(-c2ccc(-c3ccc(/C(N)=N\O)cc3)cc2)cc1. The first-order valence-electron chi connectivity index (χ1n) is 7.82. The van der Waals surface area contributed by atoms with E-state index in [1.807, 2.05) is 48.5 Å². The van der Waals surface area contributed by atoms with Crippen LogP contribution in [0.1, 0.15) is 11.1 Å². The van der Waals surface area contributed by atoms with Gasteiger partial charge in [0.2, 0.25) is 0 Å². The number of oxime groups is 1. The van der Waals surface area contributed by atoms with Crippen LogP contribution in [0.5, 0.6) is 0 Å². The molecule has 0 aliphatic heterocycles. The van der Waals surface area contributed by atoms with Crippen molar-refractivity contribution >= 4 is 11.5 Å². The average molecular weight is 329 g/mol. The fourth-order valence-electron chi connectivity index (χ4n) is 2.62. The molecule has 0 fully saturated rings. The van der Waals surface area contributed by atoms with E-state index in [2.05, 4.69) is 36.0 Å². The number of nitrogens with zero attached hydrogens (tertiary/aromatic N) is 1. The molecule has 5 N–H and O–H groups in total. The summed E-state index contributed by atoms with van der Waals surface area (Å²) in [6.45, 7) is 3.74. The fourth-order valence-corrected chi connectivity index (χ4v) is 2.62. The minimum atomic E-state index is 0.102. The lowest BCUT2D eigenvalue weighted by atomic mass is 9.98. The van der Waals surface area contributed by atoms with Gasteiger partial charge in [-0.2, -0.15) is 0 Å². The molecule has 0 unspecified atom stereocenters. The summed E-state index contributed by atoms with van der Waals surface area (Å²) in [6, 6.07) is 23.9. The van der Waals surface area contributed by atoms with Gasteiger partial charge in [0.1, 0.15) is 0 Å². The zero-order valence-electron chi connectivity index (χ0n) is 13.7. The number of nitrogens with two attached hydrogens (primary N) is 2. The molecule has 0 atom stereocenters. The molecule has 0 radical (unpaired) electrons. The molecule has 0 aliphatic carbocycles. The Bertz CT molecular complexity index is 909. The number of benzene rings is 3. The summed E-state index contributed by atoms with van der Waals surface area (Å²) in [6.07, 6.45) is 0. The first-order valence-corrected chi connectivity index (χ1v) is 7.82. The van der Waals surface area contributed by atoms with Crippen molar-refractivity contribution < 1.29 is 5.21 Å². The van der Waals surface area contributed by atoms with E-state index >= 15 is 0 Å². The summed E-state index contributed by atoms with van der Waals surface area (Å²) in [5.74, 6) is 0.102. The Balaban J connectivity index is 1.83. The van der Waals surface area contributed by atoms with E-state index in [9.17, 15) is 0 Å². The minimum Gasteiger partial charge on any atom is -0.409 e. The van der Waals surface area contributed by atoms with Gasteiger partial charge in [-0.05, 0) is 27.8 Å². The quantitative estimate of drug-likeness (QED) is 0.292. The van der Waals surface area contributed by atoms with Crippen molar-refractivity contribution in [1.82, 2.24) is 0 Å². The van der Waals surface area contributed by atoms with Gasteiger partial charge in [0.15, 0.2) is 5.84 Å². The minimum absolute atomic E-state index is 0.102. The smallest absolute Gasteiger partial charge is 0.170 e. The molecule has 124 valence electrons. The normalized spacial score (nSPS) is 11.3. The van der Waals surface area contributed by atoms with E-state index in [1.165, 1.54) is 0 Å². The van der Waals surface area contributed by atoms with Crippen LogP contribution in [0.25, 0.3) is 28.0 Å². The third kappa shape index (κ3) is 3.53. The first-order chi connectivity index (χ1) is 12.1. The van der Waals surface area contributed by atoms with Crippen molar-refractivity contribution in [3.8, 4) is 22.3 Å². The van der Waals surface area contributed by atoms with Gasteiger partial charge in [0.25, 0.3) is 0 Å². The third-order valence-corrected chi connectivity index (χ3v) is 4.10. The van der Waals surface area contributed by atoms with E-state index in [0.717, 1.165) is 27.8 Å². The second-order valence-electron chi connectivity index (χ2n) is 5.74. The van der Waals surface area contributed by atoms with Crippen LogP contribution in [-0.2, 0) is 0 Å². The fraction of sp³-hybridized carbons (Fsp3) is 0. The summed E-state index contributed by atoms with van der Waals surface area (Å²) in [4.78, 5) is 0. The van der Waals surface area contributed by atoms with Gasteiger partial charge in [0.05, 0.1) is 0 Å². The maximum absolute atomic E-state index is 8.71. The van der Waals surface area contributed by atoms with E-state index in [0.29, 0.717) is 11.3 Å². The predicted molar refractivity (Wildman–Crippen MR) is 103 cm³/mol. The number of hydrogen-bond acceptors (Lipinski definition) is 3. The Kier molecular flexibility index (Phi) is 4.53.